The Kier molecular flexibility index (Phi) is 4.90. The predicted octanol–water partition coefficient (Wildman–Crippen LogP) is 4.23. The second-order valence-corrected chi connectivity index (χ2v) is 6.69. The third-order valence-electron chi connectivity index (χ3n) is 5.49. The molecule has 5 atom stereocenters. The molecule has 1 heteroatoms. The Balaban J connectivity index is 1.92. The lowest BCUT2D eigenvalue weighted by Gasteiger charge is -2.37. The van der Waals surface area contributed by atoms with Crippen molar-refractivity contribution in [1.29, 1.82) is 0 Å². The van der Waals surface area contributed by atoms with Crippen LogP contribution in [0.3, 0.4) is 0 Å². The van der Waals surface area contributed by atoms with Gasteiger partial charge in [0.2, 0.25) is 0 Å². The lowest BCUT2D eigenvalue weighted by atomic mass is 9.73. The molecule has 0 heterocycles. The molecule has 0 bridgehead atoms. The molecule has 0 aromatic heterocycles. The molecule has 1 nitrogen and oxygen atoms in total. The van der Waals surface area contributed by atoms with Gasteiger partial charge in [-0.3, -0.25) is 0 Å². The maximum absolute atomic E-state index is 3.68. The van der Waals surface area contributed by atoms with Gasteiger partial charge in [0.15, 0.2) is 0 Å². The van der Waals surface area contributed by atoms with E-state index >= 15 is 0 Å². The van der Waals surface area contributed by atoms with Crippen molar-refractivity contribution in [3.05, 3.63) is 0 Å². The fourth-order valence-electron chi connectivity index (χ4n) is 4.46. The Labute approximate surface area is 108 Å². The van der Waals surface area contributed by atoms with Crippen LogP contribution in [0.1, 0.15) is 65.2 Å². The van der Waals surface area contributed by atoms with Gasteiger partial charge in [0.1, 0.15) is 0 Å². The quantitative estimate of drug-likeness (QED) is 0.771. The molecule has 2 aliphatic rings. The van der Waals surface area contributed by atoms with Crippen molar-refractivity contribution in [2.24, 2.45) is 23.7 Å². The fraction of sp³-hybridized carbons (Fsp3) is 1.00. The Morgan fingerprint density at radius 2 is 1.82 bits per heavy atom. The van der Waals surface area contributed by atoms with Crippen LogP contribution in [0.15, 0.2) is 0 Å². The van der Waals surface area contributed by atoms with E-state index in [-0.39, 0.29) is 0 Å². The van der Waals surface area contributed by atoms with Crippen LogP contribution < -0.4 is 5.32 Å². The van der Waals surface area contributed by atoms with Crippen molar-refractivity contribution >= 4 is 0 Å². The fourth-order valence-corrected chi connectivity index (χ4v) is 4.46. The first-order chi connectivity index (χ1) is 8.24. The summed E-state index contributed by atoms with van der Waals surface area (Å²) >= 11 is 0. The van der Waals surface area contributed by atoms with Gasteiger partial charge in [-0.25, -0.2) is 0 Å². The van der Waals surface area contributed by atoms with Gasteiger partial charge in [-0.15, -0.1) is 0 Å². The molecule has 0 aliphatic heterocycles. The van der Waals surface area contributed by atoms with E-state index in [9.17, 15) is 0 Å². The van der Waals surface area contributed by atoms with E-state index in [0.29, 0.717) is 0 Å². The van der Waals surface area contributed by atoms with E-state index in [4.69, 9.17) is 0 Å². The highest BCUT2D eigenvalue weighted by atomic mass is 14.9. The monoisotopic (exact) mass is 237 g/mol. The highest BCUT2D eigenvalue weighted by Gasteiger charge is 2.34. The minimum absolute atomic E-state index is 0.814. The van der Waals surface area contributed by atoms with Crippen LogP contribution in [-0.2, 0) is 0 Å². The summed E-state index contributed by atoms with van der Waals surface area (Å²) in [5, 5.41) is 3.68. The first-order valence-corrected chi connectivity index (χ1v) is 7.91. The van der Waals surface area contributed by atoms with E-state index in [0.717, 1.165) is 29.7 Å². The number of nitrogens with one attached hydrogen (secondary N) is 1. The van der Waals surface area contributed by atoms with Crippen LogP contribution in [0, 0.1) is 23.7 Å². The molecule has 0 radical (unpaired) electrons. The lowest BCUT2D eigenvalue weighted by molar-refractivity contribution is 0.173. The maximum Gasteiger partial charge on any atom is 0.0121 e. The zero-order valence-corrected chi connectivity index (χ0v) is 12.0. The van der Waals surface area contributed by atoms with Crippen molar-refractivity contribution in [1.82, 2.24) is 5.32 Å². The molecule has 1 N–H and O–H groups in total. The molecule has 2 rings (SSSR count). The summed E-state index contributed by atoms with van der Waals surface area (Å²) in [5.74, 6) is 3.93. The van der Waals surface area contributed by atoms with Crippen molar-refractivity contribution < 1.29 is 0 Å². The lowest BCUT2D eigenvalue weighted by Crippen LogP contribution is -2.41. The Hall–Kier alpha value is -0.0400. The molecule has 0 spiro atoms. The number of rotatable bonds is 4. The van der Waals surface area contributed by atoms with Gasteiger partial charge >= 0.3 is 0 Å². The van der Waals surface area contributed by atoms with E-state index < -0.39 is 0 Å². The van der Waals surface area contributed by atoms with Gasteiger partial charge in [0.25, 0.3) is 0 Å². The molecular formula is C16H31N. The molecule has 2 saturated carbocycles. The molecular weight excluding hydrogens is 206 g/mol. The average Bonchev–Trinajstić information content (AvgIpc) is 2.77. The topological polar surface area (TPSA) is 12.0 Å². The third kappa shape index (κ3) is 3.24. The zero-order valence-electron chi connectivity index (χ0n) is 12.0. The molecule has 2 fully saturated rings. The molecule has 2 aliphatic carbocycles. The molecule has 5 unspecified atom stereocenters. The van der Waals surface area contributed by atoms with E-state index in [2.05, 4.69) is 26.2 Å². The summed E-state index contributed by atoms with van der Waals surface area (Å²) in [4.78, 5) is 0. The van der Waals surface area contributed by atoms with E-state index in [1.807, 2.05) is 0 Å². The van der Waals surface area contributed by atoms with Gasteiger partial charge in [-0.1, -0.05) is 39.5 Å². The van der Waals surface area contributed by atoms with Crippen LogP contribution in [-0.4, -0.2) is 13.1 Å². The summed E-state index contributed by atoms with van der Waals surface area (Å²) in [5.41, 5.74) is 0. The second kappa shape index (κ2) is 6.22. The first kappa shape index (κ1) is 13.4. The molecule has 0 saturated heterocycles. The summed E-state index contributed by atoms with van der Waals surface area (Å²) in [6.07, 6.45) is 11.7. The van der Waals surface area contributed by atoms with Gasteiger partial charge in [0, 0.05) is 6.04 Å². The van der Waals surface area contributed by atoms with E-state index in [1.54, 1.807) is 0 Å². The van der Waals surface area contributed by atoms with Crippen LogP contribution in [0.25, 0.3) is 0 Å². The van der Waals surface area contributed by atoms with Gasteiger partial charge < -0.3 is 5.32 Å². The highest BCUT2D eigenvalue weighted by Crippen LogP contribution is 2.40. The number of hydrogen-bond donors (Lipinski definition) is 1. The molecule has 0 aromatic rings. The van der Waals surface area contributed by atoms with Gasteiger partial charge in [-0.2, -0.15) is 0 Å². The average molecular weight is 237 g/mol. The van der Waals surface area contributed by atoms with Crippen molar-refractivity contribution in [3.8, 4) is 0 Å². The van der Waals surface area contributed by atoms with Crippen LogP contribution >= 0.6 is 0 Å². The van der Waals surface area contributed by atoms with E-state index in [1.165, 1.54) is 51.4 Å². The van der Waals surface area contributed by atoms with Crippen LogP contribution in [0.2, 0.25) is 0 Å². The Bertz CT molecular complexity index is 226. The smallest absolute Gasteiger partial charge is 0.0121 e. The van der Waals surface area contributed by atoms with Crippen molar-refractivity contribution in [2.75, 3.05) is 7.05 Å². The second-order valence-electron chi connectivity index (χ2n) is 6.69. The summed E-state index contributed by atoms with van der Waals surface area (Å²) < 4.78 is 0. The van der Waals surface area contributed by atoms with Gasteiger partial charge in [-0.05, 0) is 56.4 Å². The predicted molar refractivity (Wildman–Crippen MR) is 75.1 cm³/mol. The molecule has 17 heavy (non-hydrogen) atoms. The van der Waals surface area contributed by atoms with Crippen LogP contribution in [0.5, 0.6) is 0 Å². The highest BCUT2D eigenvalue weighted by molar-refractivity contribution is 4.89. The largest absolute Gasteiger partial charge is 0.316 e. The SMILES string of the molecule is CCC1CCCC(C(NC)C2CCC(C)C2)C1. The maximum atomic E-state index is 3.68. The standard InChI is InChI=1S/C16H31N/c1-4-13-6-5-7-14(11-13)16(17-3)15-9-8-12(2)10-15/h12-17H,4-11H2,1-3H3. The normalized spacial score (nSPS) is 40.4. The third-order valence-corrected chi connectivity index (χ3v) is 5.49. The summed E-state index contributed by atoms with van der Waals surface area (Å²) in [6, 6.07) is 0.814. The first-order valence-electron chi connectivity index (χ1n) is 7.91. The summed E-state index contributed by atoms with van der Waals surface area (Å²) in [6.45, 7) is 4.81. The van der Waals surface area contributed by atoms with Crippen molar-refractivity contribution in [3.63, 3.8) is 0 Å². The zero-order chi connectivity index (χ0) is 12.3. The van der Waals surface area contributed by atoms with Crippen molar-refractivity contribution in [2.45, 2.75) is 71.3 Å². The van der Waals surface area contributed by atoms with Gasteiger partial charge in [0.05, 0.1) is 0 Å². The molecule has 100 valence electrons. The minimum Gasteiger partial charge on any atom is -0.316 e. The Morgan fingerprint density at radius 3 is 2.41 bits per heavy atom. The van der Waals surface area contributed by atoms with Crippen LogP contribution in [0.4, 0.5) is 0 Å². The summed E-state index contributed by atoms with van der Waals surface area (Å²) in [7, 11) is 2.20. The Morgan fingerprint density at radius 1 is 1.06 bits per heavy atom. The minimum atomic E-state index is 0.814. The molecule has 0 aromatic carbocycles. The molecule has 0 amide bonds. The number of hydrogen-bond acceptors (Lipinski definition) is 1.